The van der Waals surface area contributed by atoms with Gasteiger partial charge in [-0.2, -0.15) is 0 Å². The van der Waals surface area contributed by atoms with E-state index < -0.39 is 0 Å². The maximum atomic E-state index is 13.7. The molecule has 0 bridgehead atoms. The molecule has 7 nitrogen and oxygen atoms in total. The number of carbonyl (C=O) groups excluding carboxylic acids is 1. The second-order valence-corrected chi connectivity index (χ2v) is 12.5. The number of methoxy groups -OCH3 is 1. The van der Waals surface area contributed by atoms with Gasteiger partial charge < -0.3 is 24.0 Å². The van der Waals surface area contributed by atoms with Crippen LogP contribution in [-0.2, 0) is 11.3 Å². The van der Waals surface area contributed by atoms with Crippen LogP contribution in [0.3, 0.4) is 0 Å². The van der Waals surface area contributed by atoms with Crippen molar-refractivity contribution in [2.24, 2.45) is 10.9 Å². The predicted molar refractivity (Wildman–Crippen MR) is 176 cm³/mol. The molecule has 0 radical (unpaired) electrons. The minimum Gasteiger partial charge on any atom is -0.493 e. The van der Waals surface area contributed by atoms with Crippen LogP contribution >= 0.6 is 0 Å². The molecule has 2 heterocycles. The van der Waals surface area contributed by atoms with Crippen LogP contribution < -0.4 is 9.47 Å². The molecular weight excluding hydrogens is 550 g/mol. The molecule has 3 aromatic rings. The van der Waals surface area contributed by atoms with Crippen molar-refractivity contribution in [1.82, 2.24) is 9.80 Å². The van der Waals surface area contributed by atoms with E-state index in [1.807, 2.05) is 61.3 Å². The summed E-state index contributed by atoms with van der Waals surface area (Å²) in [4.78, 5) is 23.2. The minimum absolute atomic E-state index is 0.00472. The highest BCUT2D eigenvalue weighted by Crippen LogP contribution is 2.42. The van der Waals surface area contributed by atoms with Gasteiger partial charge in [0.15, 0.2) is 11.5 Å². The van der Waals surface area contributed by atoms with Crippen LogP contribution in [0.4, 0.5) is 0 Å². The molecule has 3 atom stereocenters. The first kappa shape index (κ1) is 31.7. The largest absolute Gasteiger partial charge is 0.493 e. The zero-order valence-electron chi connectivity index (χ0n) is 27.1. The molecule has 5 rings (SSSR count). The Morgan fingerprint density at radius 1 is 1.07 bits per heavy atom. The zero-order valence-corrected chi connectivity index (χ0v) is 27.1. The molecule has 0 aliphatic carbocycles. The first-order valence-electron chi connectivity index (χ1n) is 15.9. The van der Waals surface area contributed by atoms with Gasteiger partial charge in [0.05, 0.1) is 44.7 Å². The Morgan fingerprint density at radius 3 is 2.50 bits per heavy atom. The zero-order chi connectivity index (χ0) is 31.2. The topological polar surface area (TPSA) is 63.6 Å². The van der Waals surface area contributed by atoms with Crippen LogP contribution in [0.25, 0.3) is 0 Å². The Hall–Kier alpha value is -3.68. The van der Waals surface area contributed by atoms with Gasteiger partial charge in [-0.15, -0.1) is 0 Å². The molecule has 0 saturated carbocycles. The predicted octanol–water partition coefficient (Wildman–Crippen LogP) is 6.44. The third-order valence-corrected chi connectivity index (χ3v) is 8.80. The van der Waals surface area contributed by atoms with Crippen LogP contribution in [0.2, 0.25) is 0 Å². The number of carbonyl (C=O) groups is 1. The van der Waals surface area contributed by atoms with E-state index in [0.717, 1.165) is 54.1 Å². The number of aliphatic imine (C=N–C) groups is 1. The summed E-state index contributed by atoms with van der Waals surface area (Å²) in [6.07, 6.45) is 1.87. The molecule has 2 aliphatic rings. The standard InChI is InChI=1S/C37H47N3O4/c1-7-44-35-20-30-31(21-34(35)42-6)36(38-33-17-18-39(4)22-32(30)33)27-13-15-28(16-14-27)37(41)40(5)29(19-25(2)3)24-43-23-26-11-9-8-10-12-26/h8-16,20-21,25,29,32-33H,7,17-19,22-24H2,1-6H3/t29-,32+,33+/m0/s1. The normalized spacial score (nSPS) is 18.7. The van der Waals surface area contributed by atoms with E-state index in [1.165, 1.54) is 5.56 Å². The summed E-state index contributed by atoms with van der Waals surface area (Å²) in [5.74, 6) is 2.21. The SMILES string of the molecule is CCOc1cc2c(cc1OC)C(c1ccc(C(=O)N(C)[C@H](COCc3ccccc3)CC(C)C)cc1)=N[C@@H]1CCN(C)C[C@H]21. The Balaban J connectivity index is 1.37. The van der Waals surface area contributed by atoms with Crippen molar-refractivity contribution >= 4 is 11.6 Å². The lowest BCUT2D eigenvalue weighted by Crippen LogP contribution is -2.42. The van der Waals surface area contributed by atoms with Gasteiger partial charge in [0.2, 0.25) is 0 Å². The molecule has 0 N–H and O–H groups in total. The molecular formula is C37H47N3O4. The van der Waals surface area contributed by atoms with Crippen LogP contribution in [0.15, 0.2) is 71.7 Å². The molecule has 2 aliphatic heterocycles. The average molecular weight is 598 g/mol. The molecule has 0 spiro atoms. The van der Waals surface area contributed by atoms with Crippen molar-refractivity contribution in [2.45, 2.75) is 58.2 Å². The highest BCUT2D eigenvalue weighted by Gasteiger charge is 2.36. The van der Waals surface area contributed by atoms with Crippen molar-refractivity contribution in [2.75, 3.05) is 47.5 Å². The third-order valence-electron chi connectivity index (χ3n) is 8.80. The van der Waals surface area contributed by atoms with Crippen molar-refractivity contribution in [3.8, 4) is 11.5 Å². The highest BCUT2D eigenvalue weighted by molar-refractivity contribution is 6.15. The number of likely N-dealkylation sites (tertiary alicyclic amines) is 1. The van der Waals surface area contributed by atoms with Gasteiger partial charge in [0, 0.05) is 36.2 Å². The first-order chi connectivity index (χ1) is 21.3. The van der Waals surface area contributed by atoms with Gasteiger partial charge in [-0.3, -0.25) is 9.79 Å². The number of hydrogen-bond donors (Lipinski definition) is 0. The number of amides is 1. The van der Waals surface area contributed by atoms with E-state index in [2.05, 4.69) is 50.1 Å². The lowest BCUT2D eigenvalue weighted by Gasteiger charge is -2.39. The van der Waals surface area contributed by atoms with Crippen molar-refractivity contribution in [3.63, 3.8) is 0 Å². The number of ether oxygens (including phenoxy) is 3. The van der Waals surface area contributed by atoms with Crippen molar-refractivity contribution < 1.29 is 19.0 Å². The fourth-order valence-corrected chi connectivity index (χ4v) is 6.45. The molecule has 1 fully saturated rings. The fraction of sp³-hybridized carbons (Fsp3) is 0.459. The number of piperidine rings is 1. The van der Waals surface area contributed by atoms with Gasteiger partial charge in [-0.25, -0.2) is 0 Å². The lowest BCUT2D eigenvalue weighted by atomic mass is 9.79. The van der Waals surface area contributed by atoms with Crippen molar-refractivity contribution in [1.29, 1.82) is 0 Å². The van der Waals surface area contributed by atoms with E-state index in [-0.39, 0.29) is 18.0 Å². The van der Waals surface area contributed by atoms with Crippen LogP contribution in [-0.4, -0.2) is 81.0 Å². The van der Waals surface area contributed by atoms with E-state index in [4.69, 9.17) is 19.2 Å². The van der Waals surface area contributed by atoms with Gasteiger partial charge >= 0.3 is 0 Å². The molecule has 1 amide bonds. The average Bonchev–Trinajstić information content (AvgIpc) is 3.03. The number of benzene rings is 3. The number of rotatable bonds is 12. The first-order valence-corrected chi connectivity index (χ1v) is 15.9. The van der Waals surface area contributed by atoms with E-state index >= 15 is 0 Å². The number of likely N-dealkylation sites (N-methyl/N-ethyl adjacent to an activating group) is 2. The maximum absolute atomic E-state index is 13.7. The molecule has 1 saturated heterocycles. The summed E-state index contributed by atoms with van der Waals surface area (Å²) >= 11 is 0. The van der Waals surface area contributed by atoms with Crippen LogP contribution in [0.1, 0.15) is 72.1 Å². The summed E-state index contributed by atoms with van der Waals surface area (Å²) < 4.78 is 17.8. The summed E-state index contributed by atoms with van der Waals surface area (Å²) in [7, 11) is 5.74. The monoisotopic (exact) mass is 597 g/mol. The number of nitrogens with zero attached hydrogens (tertiary/aromatic N) is 3. The summed E-state index contributed by atoms with van der Waals surface area (Å²) in [6.45, 7) is 9.93. The van der Waals surface area contributed by atoms with E-state index in [1.54, 1.807) is 7.11 Å². The molecule has 0 aromatic heterocycles. The summed E-state index contributed by atoms with van der Waals surface area (Å²) in [5, 5.41) is 0. The molecule has 44 heavy (non-hydrogen) atoms. The fourth-order valence-electron chi connectivity index (χ4n) is 6.45. The second kappa shape index (κ2) is 14.4. The third kappa shape index (κ3) is 7.16. The van der Waals surface area contributed by atoms with Gasteiger partial charge in [-0.1, -0.05) is 56.3 Å². The Kier molecular flexibility index (Phi) is 10.4. The quantitative estimate of drug-likeness (QED) is 0.241. The second-order valence-electron chi connectivity index (χ2n) is 12.5. The maximum Gasteiger partial charge on any atom is 0.253 e. The van der Waals surface area contributed by atoms with Gasteiger partial charge in [0.1, 0.15) is 0 Å². The molecule has 3 aromatic carbocycles. The van der Waals surface area contributed by atoms with Crippen LogP contribution in [0, 0.1) is 5.92 Å². The molecule has 0 unspecified atom stereocenters. The van der Waals surface area contributed by atoms with Gasteiger partial charge in [-0.05, 0) is 74.7 Å². The number of hydrogen-bond acceptors (Lipinski definition) is 6. The summed E-state index contributed by atoms with van der Waals surface area (Å²) in [5.41, 5.74) is 6.07. The Bertz CT molecular complexity index is 1440. The minimum atomic E-state index is -0.0196. The highest BCUT2D eigenvalue weighted by atomic mass is 16.5. The van der Waals surface area contributed by atoms with E-state index in [9.17, 15) is 4.79 Å². The Labute approximate surface area is 262 Å². The van der Waals surface area contributed by atoms with Gasteiger partial charge in [0.25, 0.3) is 5.91 Å². The summed E-state index contributed by atoms with van der Waals surface area (Å²) in [6, 6.07) is 22.5. The van der Waals surface area contributed by atoms with Crippen LogP contribution in [0.5, 0.6) is 11.5 Å². The Morgan fingerprint density at radius 2 is 1.82 bits per heavy atom. The lowest BCUT2D eigenvalue weighted by molar-refractivity contribution is 0.0406. The van der Waals surface area contributed by atoms with Crippen molar-refractivity contribution in [3.05, 3.63) is 94.5 Å². The molecule has 234 valence electrons. The molecule has 7 heteroatoms. The van der Waals surface area contributed by atoms with E-state index in [0.29, 0.717) is 43.0 Å². The number of fused-ring (bicyclic) bond motifs is 3. The smallest absolute Gasteiger partial charge is 0.253 e.